The van der Waals surface area contributed by atoms with Gasteiger partial charge in [0.25, 0.3) is 0 Å². The number of hydrogen-bond acceptors (Lipinski definition) is 5. The van der Waals surface area contributed by atoms with E-state index in [0.717, 1.165) is 39.0 Å². The molecule has 0 saturated carbocycles. The summed E-state index contributed by atoms with van der Waals surface area (Å²) < 4.78 is 34.2. The van der Waals surface area contributed by atoms with Gasteiger partial charge in [-0.25, -0.2) is 4.18 Å². The smallest absolute Gasteiger partial charge is 0.369 e. The fourth-order valence-electron chi connectivity index (χ4n) is 4.02. The number of rotatable bonds is 6. The fraction of sp³-hybridized carbons (Fsp3) is 0.647. The lowest BCUT2D eigenvalue weighted by molar-refractivity contribution is 0.258. The predicted molar refractivity (Wildman–Crippen MR) is 93.6 cm³/mol. The van der Waals surface area contributed by atoms with Crippen LogP contribution in [0.1, 0.15) is 43.2 Å². The topological polar surface area (TPSA) is 78.9 Å². The van der Waals surface area contributed by atoms with E-state index >= 15 is 0 Å². The molecule has 0 fully saturated rings. The van der Waals surface area contributed by atoms with Crippen molar-refractivity contribution in [3.05, 3.63) is 29.3 Å². The predicted octanol–water partition coefficient (Wildman–Crippen LogP) is 2.32. The van der Waals surface area contributed by atoms with Gasteiger partial charge in [-0.2, -0.15) is 8.42 Å². The van der Waals surface area contributed by atoms with E-state index in [4.69, 9.17) is 4.55 Å². The zero-order chi connectivity index (χ0) is 17.2. The fourth-order valence-corrected chi connectivity index (χ4v) is 4.35. The quantitative estimate of drug-likeness (QED) is 0.603. The number of hydrogen-bond donors (Lipinski definition) is 2. The molecule has 2 aliphatic rings. The lowest BCUT2D eigenvalue weighted by Crippen LogP contribution is -2.39. The van der Waals surface area contributed by atoms with Crippen LogP contribution in [0.2, 0.25) is 0 Å². The second-order valence-electron chi connectivity index (χ2n) is 6.81. The minimum absolute atomic E-state index is 0.0445. The molecule has 24 heavy (non-hydrogen) atoms. The number of unbranched alkanes of at least 4 members (excludes halogenated alkanes) is 1. The Morgan fingerprint density at radius 1 is 1.38 bits per heavy atom. The molecule has 2 heterocycles. The van der Waals surface area contributed by atoms with E-state index in [1.165, 1.54) is 16.8 Å². The van der Waals surface area contributed by atoms with Crippen LogP contribution in [0.3, 0.4) is 0 Å². The first kappa shape index (κ1) is 17.7. The summed E-state index contributed by atoms with van der Waals surface area (Å²) >= 11 is 0. The molecule has 7 heteroatoms. The molecule has 1 aromatic rings. The molecule has 0 radical (unpaired) electrons. The molecule has 0 spiro atoms. The van der Waals surface area contributed by atoms with Gasteiger partial charge in [-0.15, -0.1) is 0 Å². The Balaban J connectivity index is 1.68. The molecule has 0 saturated heterocycles. The summed E-state index contributed by atoms with van der Waals surface area (Å²) in [6.07, 6.45) is 2.52. The van der Waals surface area contributed by atoms with Crippen LogP contribution in [0.5, 0.6) is 0 Å². The van der Waals surface area contributed by atoms with Gasteiger partial charge < -0.3 is 10.2 Å². The number of para-hydroxylation sites is 1. The average Bonchev–Trinajstić information content (AvgIpc) is 2.72. The molecule has 6 nitrogen and oxygen atoms in total. The van der Waals surface area contributed by atoms with Gasteiger partial charge in [-0.1, -0.05) is 31.5 Å². The van der Waals surface area contributed by atoms with Gasteiger partial charge >= 0.3 is 10.4 Å². The molecule has 2 atom stereocenters. The minimum Gasteiger partial charge on any atom is -0.369 e. The van der Waals surface area contributed by atoms with Crippen LogP contribution in [0.4, 0.5) is 5.69 Å². The molecule has 2 aliphatic heterocycles. The molecule has 2 N–H and O–H groups in total. The maximum Gasteiger partial charge on any atom is 0.397 e. The van der Waals surface area contributed by atoms with E-state index in [1.54, 1.807) is 0 Å². The highest BCUT2D eigenvalue weighted by Crippen LogP contribution is 2.43. The maximum absolute atomic E-state index is 10.6. The van der Waals surface area contributed by atoms with Crippen molar-refractivity contribution < 1.29 is 17.2 Å². The maximum atomic E-state index is 10.6. The largest absolute Gasteiger partial charge is 0.397 e. The summed E-state index contributed by atoms with van der Waals surface area (Å²) in [5, 5.41) is 3.49. The van der Waals surface area contributed by atoms with Crippen molar-refractivity contribution in [1.29, 1.82) is 0 Å². The normalized spacial score (nSPS) is 23.7. The summed E-state index contributed by atoms with van der Waals surface area (Å²) in [7, 11) is -4.32. The van der Waals surface area contributed by atoms with Crippen LogP contribution >= 0.6 is 0 Å². The average molecular weight is 354 g/mol. The molecule has 0 aromatic heterocycles. The van der Waals surface area contributed by atoms with Crippen LogP contribution in [-0.2, 0) is 21.1 Å². The van der Waals surface area contributed by atoms with Crippen molar-refractivity contribution in [2.75, 3.05) is 31.1 Å². The van der Waals surface area contributed by atoms with Gasteiger partial charge in [0.1, 0.15) is 0 Å². The summed E-state index contributed by atoms with van der Waals surface area (Å²) in [6, 6.07) is 6.59. The van der Waals surface area contributed by atoms with Gasteiger partial charge in [-0.05, 0) is 35.8 Å². The Bertz CT molecular complexity index is 677. The molecular formula is C17H26N2O4S. The third-order valence-corrected chi connectivity index (χ3v) is 5.54. The highest BCUT2D eigenvalue weighted by Gasteiger charge is 2.32. The van der Waals surface area contributed by atoms with Gasteiger partial charge in [0.05, 0.1) is 6.61 Å². The molecule has 2 unspecified atom stereocenters. The highest BCUT2D eigenvalue weighted by molar-refractivity contribution is 7.80. The van der Waals surface area contributed by atoms with Crippen molar-refractivity contribution >= 4 is 16.1 Å². The van der Waals surface area contributed by atoms with E-state index in [0.29, 0.717) is 18.3 Å². The van der Waals surface area contributed by atoms with Crippen LogP contribution in [0, 0.1) is 5.92 Å². The molecule has 0 amide bonds. The first-order chi connectivity index (χ1) is 11.5. The molecule has 1 aromatic carbocycles. The standard InChI is InChI=1S/C17H26N2O4S/c1-13-12-19-9-8-18-11-14-5-4-7-16(17(14)19)15(13)6-2-3-10-23-24(20,21)22/h4-5,7,13,15,18H,2-3,6,8-12H2,1H3,(H,20,21,22). The first-order valence-corrected chi connectivity index (χ1v) is 10.0. The van der Waals surface area contributed by atoms with E-state index in [1.807, 2.05) is 0 Å². The molecule has 0 bridgehead atoms. The van der Waals surface area contributed by atoms with Crippen LogP contribution in [-0.4, -0.2) is 39.2 Å². The molecule has 0 aliphatic carbocycles. The number of anilines is 1. The van der Waals surface area contributed by atoms with Crippen molar-refractivity contribution in [1.82, 2.24) is 5.32 Å². The third-order valence-electron chi connectivity index (χ3n) is 5.08. The van der Waals surface area contributed by atoms with Crippen molar-refractivity contribution in [3.8, 4) is 0 Å². The summed E-state index contributed by atoms with van der Waals surface area (Å²) in [6.45, 7) is 6.39. The summed E-state index contributed by atoms with van der Waals surface area (Å²) in [5.74, 6) is 1.05. The lowest BCUT2D eigenvalue weighted by Gasteiger charge is -2.40. The zero-order valence-corrected chi connectivity index (χ0v) is 14.9. The van der Waals surface area contributed by atoms with Gasteiger partial charge in [0.15, 0.2) is 0 Å². The summed E-state index contributed by atoms with van der Waals surface area (Å²) in [5.41, 5.74) is 4.20. The zero-order valence-electron chi connectivity index (χ0n) is 14.1. The van der Waals surface area contributed by atoms with Crippen LogP contribution in [0.25, 0.3) is 0 Å². The Hall–Kier alpha value is -1.15. The summed E-state index contributed by atoms with van der Waals surface area (Å²) in [4.78, 5) is 2.51. The van der Waals surface area contributed by atoms with Crippen molar-refractivity contribution in [2.24, 2.45) is 5.92 Å². The highest BCUT2D eigenvalue weighted by atomic mass is 32.3. The first-order valence-electron chi connectivity index (χ1n) is 8.65. The SMILES string of the molecule is CC1CN2CCNCc3cccc(c32)C1CCCCOS(=O)(=O)O. The number of benzene rings is 1. The second kappa shape index (κ2) is 7.39. The van der Waals surface area contributed by atoms with E-state index in [-0.39, 0.29) is 6.61 Å². The second-order valence-corrected chi connectivity index (χ2v) is 7.90. The lowest BCUT2D eigenvalue weighted by atomic mass is 9.78. The Kier molecular flexibility index (Phi) is 5.44. The third kappa shape index (κ3) is 4.08. The van der Waals surface area contributed by atoms with E-state index < -0.39 is 10.4 Å². The number of nitrogens with one attached hydrogen (secondary N) is 1. The van der Waals surface area contributed by atoms with Gasteiger partial charge in [0, 0.05) is 31.9 Å². The number of nitrogens with zero attached hydrogens (tertiary/aromatic N) is 1. The molecule has 3 rings (SSSR count). The van der Waals surface area contributed by atoms with E-state index in [2.05, 4.69) is 39.5 Å². The van der Waals surface area contributed by atoms with Crippen molar-refractivity contribution in [2.45, 2.75) is 38.6 Å². The Morgan fingerprint density at radius 3 is 3.00 bits per heavy atom. The monoisotopic (exact) mass is 354 g/mol. The van der Waals surface area contributed by atoms with Gasteiger partial charge in [0.2, 0.25) is 0 Å². The minimum atomic E-state index is -4.32. The van der Waals surface area contributed by atoms with Crippen LogP contribution < -0.4 is 10.2 Å². The van der Waals surface area contributed by atoms with Crippen LogP contribution in [0.15, 0.2) is 18.2 Å². The molecule has 134 valence electrons. The Morgan fingerprint density at radius 2 is 2.21 bits per heavy atom. The van der Waals surface area contributed by atoms with Crippen molar-refractivity contribution in [3.63, 3.8) is 0 Å². The Labute approximate surface area is 144 Å². The van der Waals surface area contributed by atoms with Gasteiger partial charge in [-0.3, -0.25) is 4.55 Å². The van der Waals surface area contributed by atoms with E-state index in [9.17, 15) is 8.42 Å². The molecular weight excluding hydrogens is 328 g/mol.